The molecular formula is C17H22BFN2O2. The molecule has 1 aromatic carbocycles. The number of hydrogen-bond donors (Lipinski definition) is 0. The summed E-state index contributed by atoms with van der Waals surface area (Å²) in [6.07, 6.45) is 3.65. The standard InChI is InChI=1S/C17H22BFN2O2/c1-12(13-7-6-8-15(19)9-13)21-11-14(10-20-21)18-22-16(2,3)17(4,5)23-18/h6-12H,1-5H3. The Labute approximate surface area is 136 Å². The van der Waals surface area contributed by atoms with E-state index in [0.717, 1.165) is 11.0 Å². The maximum Gasteiger partial charge on any atom is 0.498 e. The van der Waals surface area contributed by atoms with Crippen LogP contribution < -0.4 is 5.46 Å². The molecule has 0 radical (unpaired) electrons. The van der Waals surface area contributed by atoms with Crippen LogP contribution in [0.1, 0.15) is 46.2 Å². The van der Waals surface area contributed by atoms with Gasteiger partial charge in [-0.2, -0.15) is 5.10 Å². The van der Waals surface area contributed by atoms with E-state index in [1.165, 1.54) is 12.1 Å². The highest BCUT2D eigenvalue weighted by molar-refractivity contribution is 6.62. The van der Waals surface area contributed by atoms with E-state index in [-0.39, 0.29) is 23.1 Å². The van der Waals surface area contributed by atoms with Crippen molar-refractivity contribution >= 4 is 12.6 Å². The molecule has 1 aliphatic rings. The average molecular weight is 316 g/mol. The van der Waals surface area contributed by atoms with Crippen molar-refractivity contribution in [3.8, 4) is 0 Å². The molecule has 1 atom stereocenters. The predicted octanol–water partition coefficient (Wildman–Crippen LogP) is 2.93. The van der Waals surface area contributed by atoms with Crippen molar-refractivity contribution in [2.45, 2.75) is 51.9 Å². The van der Waals surface area contributed by atoms with Crippen molar-refractivity contribution in [1.82, 2.24) is 9.78 Å². The molecule has 122 valence electrons. The van der Waals surface area contributed by atoms with Crippen LogP contribution in [0, 0.1) is 5.82 Å². The van der Waals surface area contributed by atoms with Gasteiger partial charge in [0.05, 0.1) is 17.2 Å². The molecule has 23 heavy (non-hydrogen) atoms. The first-order valence-corrected chi connectivity index (χ1v) is 7.85. The lowest BCUT2D eigenvalue weighted by Gasteiger charge is -2.32. The minimum Gasteiger partial charge on any atom is -0.399 e. The average Bonchev–Trinajstić information content (AvgIpc) is 3.01. The van der Waals surface area contributed by atoms with Crippen LogP contribution in [0.5, 0.6) is 0 Å². The third-order valence-electron chi connectivity index (χ3n) is 4.87. The van der Waals surface area contributed by atoms with E-state index in [4.69, 9.17) is 9.31 Å². The molecule has 3 rings (SSSR count). The summed E-state index contributed by atoms with van der Waals surface area (Å²) < 4.78 is 27.3. The first kappa shape index (κ1) is 16.2. The fourth-order valence-electron chi connectivity index (χ4n) is 2.58. The second-order valence-corrected chi connectivity index (χ2v) is 7.07. The van der Waals surface area contributed by atoms with Gasteiger partial charge in [-0.15, -0.1) is 0 Å². The third kappa shape index (κ3) is 2.93. The number of halogens is 1. The molecule has 1 aliphatic heterocycles. The summed E-state index contributed by atoms with van der Waals surface area (Å²) in [5.74, 6) is -0.243. The van der Waals surface area contributed by atoms with Gasteiger partial charge in [-0.3, -0.25) is 4.68 Å². The van der Waals surface area contributed by atoms with Crippen LogP contribution in [0.3, 0.4) is 0 Å². The van der Waals surface area contributed by atoms with Crippen molar-refractivity contribution in [3.05, 3.63) is 48.0 Å². The van der Waals surface area contributed by atoms with Crippen molar-refractivity contribution < 1.29 is 13.7 Å². The molecule has 0 saturated carbocycles. The van der Waals surface area contributed by atoms with Gasteiger partial charge in [-0.1, -0.05) is 12.1 Å². The smallest absolute Gasteiger partial charge is 0.399 e. The van der Waals surface area contributed by atoms with E-state index in [1.807, 2.05) is 46.9 Å². The fourth-order valence-corrected chi connectivity index (χ4v) is 2.58. The monoisotopic (exact) mass is 316 g/mol. The lowest BCUT2D eigenvalue weighted by molar-refractivity contribution is 0.00578. The fraction of sp³-hybridized carbons (Fsp3) is 0.471. The van der Waals surface area contributed by atoms with Gasteiger partial charge in [0.15, 0.2) is 0 Å². The van der Waals surface area contributed by atoms with Crippen LogP contribution in [0.4, 0.5) is 4.39 Å². The molecule has 1 unspecified atom stereocenters. The van der Waals surface area contributed by atoms with Gasteiger partial charge in [-0.05, 0) is 52.3 Å². The zero-order valence-corrected chi connectivity index (χ0v) is 14.2. The maximum atomic E-state index is 13.4. The van der Waals surface area contributed by atoms with E-state index in [0.29, 0.717) is 0 Å². The molecule has 2 aromatic rings. The highest BCUT2D eigenvalue weighted by atomic mass is 19.1. The summed E-state index contributed by atoms with van der Waals surface area (Å²) in [6, 6.07) is 6.50. The van der Waals surface area contributed by atoms with Gasteiger partial charge in [-0.25, -0.2) is 4.39 Å². The minimum absolute atomic E-state index is 0.0677. The number of aromatic nitrogens is 2. The molecule has 0 bridgehead atoms. The van der Waals surface area contributed by atoms with Crippen LogP contribution in [0.2, 0.25) is 0 Å². The molecule has 0 spiro atoms. The third-order valence-corrected chi connectivity index (χ3v) is 4.87. The molecule has 6 heteroatoms. The Bertz CT molecular complexity index is 698. The summed E-state index contributed by atoms with van der Waals surface area (Å²) in [7, 11) is -0.437. The van der Waals surface area contributed by atoms with Crippen LogP contribution >= 0.6 is 0 Å². The summed E-state index contributed by atoms with van der Waals surface area (Å²) in [6.45, 7) is 10.1. The minimum atomic E-state index is -0.437. The molecule has 1 aromatic heterocycles. The van der Waals surface area contributed by atoms with Crippen molar-refractivity contribution in [2.24, 2.45) is 0 Å². The van der Waals surface area contributed by atoms with Crippen molar-refractivity contribution in [2.75, 3.05) is 0 Å². The number of hydrogen-bond acceptors (Lipinski definition) is 3. The van der Waals surface area contributed by atoms with Crippen LogP contribution in [-0.2, 0) is 9.31 Å². The molecule has 4 nitrogen and oxygen atoms in total. The first-order valence-electron chi connectivity index (χ1n) is 7.85. The van der Waals surface area contributed by atoms with Gasteiger partial charge in [0, 0.05) is 17.9 Å². The van der Waals surface area contributed by atoms with E-state index in [1.54, 1.807) is 16.9 Å². The van der Waals surface area contributed by atoms with Gasteiger partial charge in [0.25, 0.3) is 0 Å². The topological polar surface area (TPSA) is 36.3 Å². The van der Waals surface area contributed by atoms with Crippen LogP contribution in [-0.4, -0.2) is 28.1 Å². The molecule has 0 N–H and O–H groups in total. The molecule has 0 amide bonds. The maximum absolute atomic E-state index is 13.4. The number of benzene rings is 1. The number of nitrogens with zero attached hydrogens (tertiary/aromatic N) is 2. The van der Waals surface area contributed by atoms with Gasteiger partial charge < -0.3 is 9.31 Å². The predicted molar refractivity (Wildman–Crippen MR) is 88.2 cm³/mol. The first-order chi connectivity index (χ1) is 10.7. The van der Waals surface area contributed by atoms with E-state index in [2.05, 4.69) is 5.10 Å². The second kappa shape index (κ2) is 5.46. The van der Waals surface area contributed by atoms with Crippen molar-refractivity contribution in [3.63, 3.8) is 0 Å². The quantitative estimate of drug-likeness (QED) is 0.817. The molecule has 0 aliphatic carbocycles. The Morgan fingerprint density at radius 2 is 1.83 bits per heavy atom. The highest BCUT2D eigenvalue weighted by Gasteiger charge is 2.52. The van der Waals surface area contributed by atoms with Gasteiger partial charge in [0.1, 0.15) is 5.82 Å². The second-order valence-electron chi connectivity index (χ2n) is 7.07. The molecule has 1 saturated heterocycles. The van der Waals surface area contributed by atoms with Crippen LogP contribution in [0.25, 0.3) is 0 Å². The summed E-state index contributed by atoms with van der Waals surface area (Å²) in [4.78, 5) is 0. The SMILES string of the molecule is CC(c1cccc(F)c1)n1cc(B2OC(C)(C)C(C)(C)O2)cn1. The van der Waals surface area contributed by atoms with Crippen LogP contribution in [0.15, 0.2) is 36.7 Å². The van der Waals surface area contributed by atoms with Gasteiger partial charge in [0.2, 0.25) is 0 Å². The van der Waals surface area contributed by atoms with Gasteiger partial charge >= 0.3 is 7.12 Å². The lowest BCUT2D eigenvalue weighted by atomic mass is 9.82. The van der Waals surface area contributed by atoms with Crippen molar-refractivity contribution in [1.29, 1.82) is 0 Å². The normalized spacial score (nSPS) is 20.7. The Morgan fingerprint density at radius 3 is 2.43 bits per heavy atom. The Kier molecular flexibility index (Phi) is 3.85. The Morgan fingerprint density at radius 1 is 1.17 bits per heavy atom. The highest BCUT2D eigenvalue weighted by Crippen LogP contribution is 2.36. The number of rotatable bonds is 3. The molecular weight excluding hydrogens is 294 g/mol. The Balaban J connectivity index is 1.82. The Hall–Kier alpha value is -1.66. The van der Waals surface area contributed by atoms with E-state index < -0.39 is 7.12 Å². The van der Waals surface area contributed by atoms with E-state index >= 15 is 0 Å². The van der Waals surface area contributed by atoms with E-state index in [9.17, 15) is 4.39 Å². The zero-order chi connectivity index (χ0) is 16.8. The lowest BCUT2D eigenvalue weighted by Crippen LogP contribution is -2.41. The summed E-state index contributed by atoms with van der Waals surface area (Å²) >= 11 is 0. The largest absolute Gasteiger partial charge is 0.498 e. The summed E-state index contributed by atoms with van der Waals surface area (Å²) in [5.41, 5.74) is 0.975. The zero-order valence-electron chi connectivity index (χ0n) is 14.2. The molecule has 1 fully saturated rings. The summed E-state index contributed by atoms with van der Waals surface area (Å²) in [5, 5.41) is 4.40. The molecule has 2 heterocycles.